The number of likely N-dealkylation sites (N-methyl/N-ethyl adjacent to an activating group) is 1. The number of hydrogen-bond donors (Lipinski definition) is 2. The number of likely N-dealkylation sites (tertiary alicyclic amines) is 1. The first-order valence-corrected chi connectivity index (χ1v) is 12.6. The lowest BCUT2D eigenvalue weighted by Crippen LogP contribution is -2.45. The van der Waals surface area contributed by atoms with Crippen molar-refractivity contribution in [3.63, 3.8) is 0 Å². The van der Waals surface area contributed by atoms with Crippen LogP contribution in [0.2, 0.25) is 0 Å². The van der Waals surface area contributed by atoms with Crippen molar-refractivity contribution in [3.05, 3.63) is 41.0 Å². The monoisotopic (exact) mass is 482 g/mol. The van der Waals surface area contributed by atoms with Crippen molar-refractivity contribution in [3.8, 4) is 0 Å². The lowest BCUT2D eigenvalue weighted by atomic mass is 9.90. The zero-order valence-corrected chi connectivity index (χ0v) is 21.3. The Morgan fingerprint density at radius 2 is 1.91 bits per heavy atom. The van der Waals surface area contributed by atoms with Crippen molar-refractivity contribution >= 4 is 29.8 Å². The van der Waals surface area contributed by atoms with E-state index in [-0.39, 0.29) is 36.2 Å². The number of benzene rings is 1. The summed E-state index contributed by atoms with van der Waals surface area (Å²) in [5.74, 6) is -0.507. The van der Waals surface area contributed by atoms with Gasteiger partial charge in [-0.1, -0.05) is 32.1 Å². The standard InChI is InChI=1S/C27H38N4O4/c1-18(2)24(30(4)25(33)16-28-17-32)15-19(3)27(35)31-14-8-13-23(31)26(34)29-22-12-7-10-20-9-5-6-11-21(20)22/h7,10,12,15,17-18,23-24H,5-6,8-9,11,13-14,16H2,1-4H3,(H,28,32)(H,29,34)/t23-,24+/m0/s1. The largest absolute Gasteiger partial charge is 0.350 e. The smallest absolute Gasteiger partial charge is 0.249 e. The number of hydrogen-bond acceptors (Lipinski definition) is 4. The van der Waals surface area contributed by atoms with Gasteiger partial charge in [0.05, 0.1) is 12.6 Å². The van der Waals surface area contributed by atoms with Gasteiger partial charge >= 0.3 is 0 Å². The molecule has 1 aromatic rings. The maximum Gasteiger partial charge on any atom is 0.249 e. The second-order valence-corrected chi connectivity index (χ2v) is 9.88. The second kappa shape index (κ2) is 12.0. The van der Waals surface area contributed by atoms with Crippen molar-refractivity contribution in [2.45, 2.75) is 71.4 Å². The van der Waals surface area contributed by atoms with Gasteiger partial charge in [0.25, 0.3) is 0 Å². The van der Waals surface area contributed by atoms with Gasteiger partial charge in [-0.25, -0.2) is 0 Å². The average Bonchev–Trinajstić information content (AvgIpc) is 3.35. The highest BCUT2D eigenvalue weighted by molar-refractivity contribution is 6.01. The molecule has 1 aliphatic carbocycles. The quantitative estimate of drug-likeness (QED) is 0.418. The van der Waals surface area contributed by atoms with Crippen LogP contribution in [0, 0.1) is 5.92 Å². The predicted molar refractivity (Wildman–Crippen MR) is 136 cm³/mol. The van der Waals surface area contributed by atoms with E-state index in [1.165, 1.54) is 17.5 Å². The van der Waals surface area contributed by atoms with Gasteiger partial charge in [-0.3, -0.25) is 19.2 Å². The number of anilines is 1. The first kappa shape index (κ1) is 26.4. The predicted octanol–water partition coefficient (Wildman–Crippen LogP) is 2.67. The Morgan fingerprint density at radius 3 is 2.63 bits per heavy atom. The van der Waals surface area contributed by atoms with Crippen molar-refractivity contribution in [2.24, 2.45) is 5.92 Å². The third-order valence-electron chi connectivity index (χ3n) is 7.09. The summed E-state index contributed by atoms with van der Waals surface area (Å²) in [6, 6.07) is 5.24. The molecule has 35 heavy (non-hydrogen) atoms. The zero-order chi connectivity index (χ0) is 25.5. The molecule has 0 bridgehead atoms. The Hall–Kier alpha value is -3.16. The maximum atomic E-state index is 13.4. The van der Waals surface area contributed by atoms with Crippen LogP contribution in [0.25, 0.3) is 0 Å². The molecule has 0 spiro atoms. The summed E-state index contributed by atoms with van der Waals surface area (Å²) < 4.78 is 0. The molecular formula is C27H38N4O4. The highest BCUT2D eigenvalue weighted by Crippen LogP contribution is 2.29. The highest BCUT2D eigenvalue weighted by atomic mass is 16.2. The summed E-state index contributed by atoms with van der Waals surface area (Å²) in [5.41, 5.74) is 3.88. The van der Waals surface area contributed by atoms with Crippen LogP contribution in [-0.2, 0) is 32.0 Å². The van der Waals surface area contributed by atoms with Crippen LogP contribution in [0.4, 0.5) is 5.69 Å². The molecule has 2 N–H and O–H groups in total. The highest BCUT2D eigenvalue weighted by Gasteiger charge is 2.35. The Bertz CT molecular complexity index is 987. The fourth-order valence-corrected chi connectivity index (χ4v) is 5.12. The van der Waals surface area contributed by atoms with Crippen LogP contribution >= 0.6 is 0 Å². The summed E-state index contributed by atoms with van der Waals surface area (Å²) in [7, 11) is 1.67. The third-order valence-corrected chi connectivity index (χ3v) is 7.09. The minimum Gasteiger partial charge on any atom is -0.350 e. The first-order chi connectivity index (χ1) is 16.7. The lowest BCUT2D eigenvalue weighted by Gasteiger charge is -2.30. The number of fused-ring (bicyclic) bond motifs is 1. The number of carbonyl (C=O) groups is 4. The van der Waals surface area contributed by atoms with Crippen molar-refractivity contribution in [1.29, 1.82) is 0 Å². The molecule has 3 rings (SSSR count). The van der Waals surface area contributed by atoms with E-state index >= 15 is 0 Å². The van der Waals surface area contributed by atoms with E-state index in [4.69, 9.17) is 0 Å². The number of nitrogens with one attached hydrogen (secondary N) is 2. The van der Waals surface area contributed by atoms with Crippen LogP contribution in [0.5, 0.6) is 0 Å². The minimum atomic E-state index is -0.515. The summed E-state index contributed by atoms with van der Waals surface area (Å²) >= 11 is 0. The molecule has 1 saturated heterocycles. The Kier molecular flexibility index (Phi) is 9.07. The molecular weight excluding hydrogens is 444 g/mol. The van der Waals surface area contributed by atoms with Gasteiger partial charge in [0.1, 0.15) is 6.04 Å². The molecule has 2 atom stereocenters. The van der Waals surface area contributed by atoms with Gasteiger partial charge in [-0.2, -0.15) is 0 Å². The number of aryl methyl sites for hydroxylation is 1. The zero-order valence-electron chi connectivity index (χ0n) is 21.3. The fourth-order valence-electron chi connectivity index (χ4n) is 5.12. The van der Waals surface area contributed by atoms with Crippen molar-refractivity contribution < 1.29 is 19.2 Å². The molecule has 190 valence electrons. The van der Waals surface area contributed by atoms with Gasteiger partial charge in [0.2, 0.25) is 24.1 Å². The summed E-state index contributed by atoms with van der Waals surface area (Å²) in [6.07, 6.45) is 7.99. The van der Waals surface area contributed by atoms with E-state index < -0.39 is 6.04 Å². The van der Waals surface area contributed by atoms with Gasteiger partial charge in [0, 0.05) is 24.9 Å². The lowest BCUT2D eigenvalue weighted by molar-refractivity contribution is -0.133. The van der Waals surface area contributed by atoms with E-state index in [0.717, 1.165) is 31.4 Å². The van der Waals surface area contributed by atoms with Gasteiger partial charge in [0.15, 0.2) is 0 Å². The van der Waals surface area contributed by atoms with Gasteiger partial charge in [-0.05, 0) is 68.6 Å². The van der Waals surface area contributed by atoms with Crippen molar-refractivity contribution in [2.75, 3.05) is 25.5 Å². The molecule has 0 aromatic heterocycles. The molecule has 2 aliphatic rings. The minimum absolute atomic E-state index is 0.0601. The van der Waals surface area contributed by atoms with Crippen LogP contribution in [-0.4, -0.2) is 66.2 Å². The van der Waals surface area contributed by atoms with E-state index in [2.05, 4.69) is 16.7 Å². The van der Waals surface area contributed by atoms with E-state index in [1.54, 1.807) is 29.8 Å². The maximum absolute atomic E-state index is 13.4. The number of amides is 4. The van der Waals surface area contributed by atoms with E-state index in [9.17, 15) is 19.2 Å². The average molecular weight is 483 g/mol. The molecule has 1 heterocycles. The molecule has 8 nitrogen and oxygen atoms in total. The van der Waals surface area contributed by atoms with E-state index in [0.29, 0.717) is 24.9 Å². The topological polar surface area (TPSA) is 98.8 Å². The van der Waals surface area contributed by atoms with Crippen molar-refractivity contribution in [1.82, 2.24) is 15.1 Å². The third kappa shape index (κ3) is 6.29. The Balaban J connectivity index is 1.73. The Morgan fingerprint density at radius 1 is 1.17 bits per heavy atom. The number of carbonyl (C=O) groups excluding carboxylic acids is 4. The SMILES string of the molecule is CC(=C[C@H](C(C)C)N(C)C(=O)CNC=O)C(=O)N1CCC[C@H]1C(=O)Nc1cccc2c1CCCC2. The molecule has 8 heteroatoms. The molecule has 1 aromatic carbocycles. The summed E-state index contributed by atoms with van der Waals surface area (Å²) in [5, 5.41) is 5.50. The number of rotatable bonds is 9. The fraction of sp³-hybridized carbons (Fsp3) is 0.556. The molecule has 1 fully saturated rings. The van der Waals surface area contributed by atoms with Crippen LogP contribution < -0.4 is 10.6 Å². The van der Waals surface area contributed by atoms with Crippen LogP contribution in [0.1, 0.15) is 57.6 Å². The van der Waals surface area contributed by atoms with Gasteiger partial charge < -0.3 is 20.4 Å². The molecule has 0 radical (unpaired) electrons. The second-order valence-electron chi connectivity index (χ2n) is 9.88. The summed E-state index contributed by atoms with van der Waals surface area (Å²) in [6.45, 7) is 6.12. The molecule has 1 aliphatic heterocycles. The van der Waals surface area contributed by atoms with Crippen LogP contribution in [0.3, 0.4) is 0 Å². The normalized spacial score (nSPS) is 18.6. The Labute approximate surface area is 208 Å². The summed E-state index contributed by atoms with van der Waals surface area (Å²) in [4.78, 5) is 52.8. The van der Waals surface area contributed by atoms with Gasteiger partial charge in [-0.15, -0.1) is 0 Å². The molecule has 0 unspecified atom stereocenters. The molecule has 0 saturated carbocycles. The van der Waals surface area contributed by atoms with Crippen LogP contribution in [0.15, 0.2) is 29.8 Å². The van der Waals surface area contributed by atoms with E-state index in [1.807, 2.05) is 26.0 Å². The molecule has 4 amide bonds. The first-order valence-electron chi connectivity index (χ1n) is 12.6. The number of nitrogens with zero attached hydrogens (tertiary/aromatic N) is 2.